The van der Waals surface area contributed by atoms with Gasteiger partial charge in [0.2, 0.25) is 0 Å². The summed E-state index contributed by atoms with van der Waals surface area (Å²) in [6.07, 6.45) is 3.56. The SMILES string of the molecule is Cn1cc(CNC(=O)c2sccc2C#CCO)cn1. The second-order valence-electron chi connectivity index (χ2n) is 3.83. The predicted molar refractivity (Wildman–Crippen MR) is 72.7 cm³/mol. The zero-order chi connectivity index (χ0) is 13.7. The molecule has 0 aliphatic rings. The molecule has 0 saturated carbocycles. The highest BCUT2D eigenvalue weighted by atomic mass is 32.1. The van der Waals surface area contributed by atoms with Crippen molar-refractivity contribution in [2.75, 3.05) is 6.61 Å². The Labute approximate surface area is 114 Å². The fourth-order valence-corrected chi connectivity index (χ4v) is 2.31. The minimum absolute atomic E-state index is 0.166. The van der Waals surface area contributed by atoms with Crippen molar-refractivity contribution in [3.05, 3.63) is 39.8 Å². The Morgan fingerprint density at radius 1 is 1.63 bits per heavy atom. The molecule has 0 saturated heterocycles. The van der Waals surface area contributed by atoms with Crippen LogP contribution in [0.2, 0.25) is 0 Å². The van der Waals surface area contributed by atoms with Gasteiger partial charge in [-0.2, -0.15) is 5.10 Å². The van der Waals surface area contributed by atoms with Crippen molar-refractivity contribution in [2.24, 2.45) is 7.05 Å². The van der Waals surface area contributed by atoms with Gasteiger partial charge in [-0.1, -0.05) is 11.8 Å². The zero-order valence-electron chi connectivity index (χ0n) is 10.4. The third-order valence-electron chi connectivity index (χ3n) is 2.38. The largest absolute Gasteiger partial charge is 0.384 e. The lowest BCUT2D eigenvalue weighted by Crippen LogP contribution is -2.22. The van der Waals surface area contributed by atoms with E-state index in [-0.39, 0.29) is 12.5 Å². The minimum atomic E-state index is -0.216. The maximum atomic E-state index is 12.0. The summed E-state index contributed by atoms with van der Waals surface area (Å²) in [5.74, 6) is 5.14. The molecule has 19 heavy (non-hydrogen) atoms. The third kappa shape index (κ3) is 3.44. The Hall–Kier alpha value is -2.10. The van der Waals surface area contributed by atoms with Crippen LogP contribution in [0.4, 0.5) is 0 Å². The van der Waals surface area contributed by atoms with Crippen molar-refractivity contribution >= 4 is 17.2 Å². The van der Waals surface area contributed by atoms with E-state index in [1.54, 1.807) is 22.3 Å². The van der Waals surface area contributed by atoms with Crippen LogP contribution in [0.15, 0.2) is 23.8 Å². The van der Waals surface area contributed by atoms with Gasteiger partial charge in [-0.25, -0.2) is 0 Å². The molecule has 0 spiro atoms. The van der Waals surface area contributed by atoms with E-state index >= 15 is 0 Å². The summed E-state index contributed by atoms with van der Waals surface area (Å²) in [5, 5.41) is 17.3. The molecule has 1 amide bonds. The summed E-state index contributed by atoms with van der Waals surface area (Å²) in [7, 11) is 1.83. The number of carbonyl (C=O) groups is 1. The van der Waals surface area contributed by atoms with Gasteiger partial charge >= 0.3 is 0 Å². The molecular weight excluding hydrogens is 262 g/mol. The van der Waals surface area contributed by atoms with Crippen LogP contribution in [0.3, 0.4) is 0 Å². The molecule has 2 rings (SSSR count). The first-order chi connectivity index (χ1) is 9.20. The lowest BCUT2D eigenvalue weighted by Gasteiger charge is -2.01. The molecule has 0 bridgehead atoms. The molecule has 0 unspecified atom stereocenters. The van der Waals surface area contributed by atoms with Crippen LogP contribution in [-0.4, -0.2) is 27.4 Å². The lowest BCUT2D eigenvalue weighted by molar-refractivity contribution is 0.0955. The Morgan fingerprint density at radius 3 is 3.16 bits per heavy atom. The van der Waals surface area contributed by atoms with Gasteiger partial charge in [0.05, 0.1) is 6.20 Å². The average Bonchev–Trinajstić information content (AvgIpc) is 3.02. The first-order valence-electron chi connectivity index (χ1n) is 5.63. The highest BCUT2D eigenvalue weighted by Crippen LogP contribution is 2.15. The maximum absolute atomic E-state index is 12.0. The van der Waals surface area contributed by atoms with Crippen LogP contribution in [0.5, 0.6) is 0 Å². The number of aryl methyl sites for hydroxylation is 1. The molecule has 5 nitrogen and oxygen atoms in total. The van der Waals surface area contributed by atoms with E-state index in [1.165, 1.54) is 11.3 Å². The molecule has 0 aliphatic carbocycles. The van der Waals surface area contributed by atoms with Crippen molar-refractivity contribution in [3.8, 4) is 11.8 Å². The summed E-state index contributed by atoms with van der Waals surface area (Å²) >= 11 is 1.33. The molecule has 2 heterocycles. The van der Waals surface area contributed by atoms with E-state index in [9.17, 15) is 4.79 Å². The van der Waals surface area contributed by atoms with Crippen molar-refractivity contribution in [1.29, 1.82) is 0 Å². The van der Waals surface area contributed by atoms with E-state index < -0.39 is 0 Å². The summed E-state index contributed by atoms with van der Waals surface area (Å²) in [6.45, 7) is 0.212. The molecule has 98 valence electrons. The summed E-state index contributed by atoms with van der Waals surface area (Å²) in [5.41, 5.74) is 1.58. The van der Waals surface area contributed by atoms with Crippen LogP contribution in [0.25, 0.3) is 0 Å². The van der Waals surface area contributed by atoms with Gasteiger partial charge in [0.1, 0.15) is 11.5 Å². The van der Waals surface area contributed by atoms with Gasteiger partial charge in [0.25, 0.3) is 5.91 Å². The Kier molecular flexibility index (Phi) is 4.34. The summed E-state index contributed by atoms with van der Waals surface area (Å²) in [6, 6.07) is 1.77. The monoisotopic (exact) mass is 275 g/mol. The highest BCUT2D eigenvalue weighted by Gasteiger charge is 2.11. The number of rotatable bonds is 3. The standard InChI is InChI=1S/C13H13N3O2S/c1-16-9-10(8-15-16)7-14-13(18)12-11(3-2-5-17)4-6-19-12/h4,6,8-9,17H,5,7H2,1H3,(H,14,18). The Morgan fingerprint density at radius 2 is 2.47 bits per heavy atom. The molecule has 0 atom stereocenters. The quantitative estimate of drug-likeness (QED) is 0.813. The topological polar surface area (TPSA) is 67.2 Å². The first-order valence-corrected chi connectivity index (χ1v) is 6.51. The second kappa shape index (κ2) is 6.18. The fourth-order valence-electron chi connectivity index (χ4n) is 1.54. The number of aliphatic hydroxyl groups excluding tert-OH is 1. The minimum Gasteiger partial charge on any atom is -0.384 e. The van der Waals surface area contributed by atoms with Gasteiger partial charge in [-0.05, 0) is 11.4 Å². The lowest BCUT2D eigenvalue weighted by atomic mass is 10.2. The Bertz CT molecular complexity index is 634. The van der Waals surface area contributed by atoms with Crippen LogP contribution >= 0.6 is 11.3 Å². The van der Waals surface area contributed by atoms with Gasteiger partial charge in [0, 0.05) is 30.9 Å². The summed E-state index contributed by atoms with van der Waals surface area (Å²) in [4.78, 5) is 12.6. The molecule has 0 aromatic carbocycles. The maximum Gasteiger partial charge on any atom is 0.262 e. The smallest absolute Gasteiger partial charge is 0.262 e. The molecule has 0 fully saturated rings. The number of hydrogen-bond acceptors (Lipinski definition) is 4. The fraction of sp³-hybridized carbons (Fsp3) is 0.231. The number of nitrogens with zero attached hydrogens (tertiary/aromatic N) is 2. The number of carbonyl (C=O) groups excluding carboxylic acids is 1. The second-order valence-corrected chi connectivity index (χ2v) is 4.74. The Balaban J connectivity index is 2.02. The molecule has 2 aromatic heterocycles. The molecular formula is C13H13N3O2S. The normalized spacial score (nSPS) is 9.79. The first kappa shape index (κ1) is 13.3. The summed E-state index contributed by atoms with van der Waals surface area (Å²) < 4.78 is 1.69. The van der Waals surface area contributed by atoms with Crippen molar-refractivity contribution < 1.29 is 9.90 Å². The predicted octanol–water partition coefficient (Wildman–Crippen LogP) is 0.755. The zero-order valence-corrected chi connectivity index (χ0v) is 11.2. The van der Waals surface area contributed by atoms with E-state index in [1.807, 2.05) is 13.2 Å². The average molecular weight is 275 g/mol. The van der Waals surface area contributed by atoms with E-state index in [0.717, 1.165) is 5.56 Å². The van der Waals surface area contributed by atoms with Crippen molar-refractivity contribution in [2.45, 2.75) is 6.54 Å². The number of hydrogen-bond donors (Lipinski definition) is 2. The molecule has 0 aliphatic heterocycles. The van der Waals surface area contributed by atoms with Crippen molar-refractivity contribution in [3.63, 3.8) is 0 Å². The van der Waals surface area contributed by atoms with Crippen LogP contribution < -0.4 is 5.32 Å². The highest BCUT2D eigenvalue weighted by molar-refractivity contribution is 7.12. The van der Waals surface area contributed by atoms with Gasteiger partial charge in [-0.15, -0.1) is 11.3 Å². The molecule has 2 N–H and O–H groups in total. The van der Waals surface area contributed by atoms with Gasteiger partial charge in [-0.3, -0.25) is 9.48 Å². The van der Waals surface area contributed by atoms with Crippen LogP contribution in [0, 0.1) is 11.8 Å². The number of nitrogens with one attached hydrogen (secondary N) is 1. The van der Waals surface area contributed by atoms with Crippen LogP contribution in [-0.2, 0) is 13.6 Å². The van der Waals surface area contributed by atoms with E-state index in [4.69, 9.17) is 5.11 Å². The number of aliphatic hydroxyl groups is 1. The number of amides is 1. The van der Waals surface area contributed by atoms with Gasteiger partial charge in [0.15, 0.2) is 0 Å². The van der Waals surface area contributed by atoms with Crippen molar-refractivity contribution in [1.82, 2.24) is 15.1 Å². The molecule has 6 heteroatoms. The molecule has 2 aromatic rings. The van der Waals surface area contributed by atoms with E-state index in [2.05, 4.69) is 22.3 Å². The molecule has 0 radical (unpaired) electrons. The van der Waals surface area contributed by atoms with Crippen LogP contribution in [0.1, 0.15) is 20.8 Å². The number of aromatic nitrogens is 2. The van der Waals surface area contributed by atoms with E-state index in [0.29, 0.717) is 17.0 Å². The number of thiophene rings is 1. The van der Waals surface area contributed by atoms with Gasteiger partial charge < -0.3 is 10.4 Å². The third-order valence-corrected chi connectivity index (χ3v) is 3.30.